The summed E-state index contributed by atoms with van der Waals surface area (Å²) in [4.78, 5) is 24.6. The van der Waals surface area contributed by atoms with Gasteiger partial charge >= 0.3 is 6.03 Å². The van der Waals surface area contributed by atoms with Gasteiger partial charge in [-0.05, 0) is 47.9 Å². The lowest BCUT2D eigenvalue weighted by molar-refractivity contribution is -0.384. The number of anilines is 2. The summed E-state index contributed by atoms with van der Waals surface area (Å²) >= 11 is 1.49. The van der Waals surface area contributed by atoms with Gasteiger partial charge in [0.2, 0.25) is 0 Å². The quantitative estimate of drug-likeness (QED) is 0.286. The highest BCUT2D eigenvalue weighted by atomic mass is 32.2. The first-order chi connectivity index (χ1) is 14.6. The molecule has 148 valence electrons. The van der Waals surface area contributed by atoms with Gasteiger partial charge in [0.1, 0.15) is 0 Å². The molecule has 4 aromatic carbocycles. The Labute approximate surface area is 177 Å². The molecule has 0 fully saturated rings. The Morgan fingerprint density at radius 2 is 1.40 bits per heavy atom. The normalized spacial score (nSPS) is 10.5. The topological polar surface area (TPSA) is 84.3 Å². The molecule has 0 aliphatic heterocycles. The van der Waals surface area contributed by atoms with E-state index >= 15 is 0 Å². The van der Waals surface area contributed by atoms with Gasteiger partial charge < -0.3 is 10.6 Å². The molecular weight excluding hydrogens is 398 g/mol. The van der Waals surface area contributed by atoms with Crippen LogP contribution < -0.4 is 10.6 Å². The second kappa shape index (κ2) is 8.67. The summed E-state index contributed by atoms with van der Waals surface area (Å²) in [5, 5.41) is 18.5. The molecule has 4 aromatic rings. The lowest BCUT2D eigenvalue weighted by atomic mass is 10.1. The highest BCUT2D eigenvalue weighted by Crippen LogP contribution is 2.30. The van der Waals surface area contributed by atoms with Crippen LogP contribution in [0.15, 0.2) is 101 Å². The van der Waals surface area contributed by atoms with Crippen molar-refractivity contribution in [3.8, 4) is 0 Å². The number of nitro groups is 1. The first kappa shape index (κ1) is 19.5. The van der Waals surface area contributed by atoms with Gasteiger partial charge in [-0.2, -0.15) is 0 Å². The van der Waals surface area contributed by atoms with Crippen molar-refractivity contribution in [3.05, 3.63) is 101 Å². The van der Waals surface area contributed by atoms with Crippen LogP contribution >= 0.6 is 11.8 Å². The molecule has 0 atom stereocenters. The average Bonchev–Trinajstić information content (AvgIpc) is 2.76. The van der Waals surface area contributed by atoms with Crippen molar-refractivity contribution in [2.45, 2.75) is 9.79 Å². The molecule has 30 heavy (non-hydrogen) atoms. The van der Waals surface area contributed by atoms with Crippen LogP contribution in [-0.4, -0.2) is 11.0 Å². The van der Waals surface area contributed by atoms with Gasteiger partial charge in [0.05, 0.1) is 10.6 Å². The Morgan fingerprint density at radius 1 is 0.767 bits per heavy atom. The van der Waals surface area contributed by atoms with Gasteiger partial charge in [-0.1, -0.05) is 48.2 Å². The first-order valence-corrected chi connectivity index (χ1v) is 9.98. The summed E-state index contributed by atoms with van der Waals surface area (Å²) in [5.74, 6) is 0. The molecule has 0 bridgehead atoms. The number of hydrogen-bond acceptors (Lipinski definition) is 4. The second-order valence-corrected chi connectivity index (χ2v) is 7.63. The minimum Gasteiger partial charge on any atom is -0.308 e. The van der Waals surface area contributed by atoms with Crippen molar-refractivity contribution in [1.82, 2.24) is 0 Å². The van der Waals surface area contributed by atoms with Crippen LogP contribution in [0, 0.1) is 10.1 Å². The Balaban J connectivity index is 1.39. The first-order valence-electron chi connectivity index (χ1n) is 9.17. The number of carbonyl (C=O) groups is 1. The highest BCUT2D eigenvalue weighted by Gasteiger charge is 2.07. The number of nitro benzene ring substituents is 1. The summed E-state index contributed by atoms with van der Waals surface area (Å²) in [6.45, 7) is 0. The van der Waals surface area contributed by atoms with Crippen molar-refractivity contribution in [2.24, 2.45) is 0 Å². The molecule has 0 aliphatic rings. The Hall–Kier alpha value is -3.84. The van der Waals surface area contributed by atoms with E-state index in [1.165, 1.54) is 23.9 Å². The second-order valence-electron chi connectivity index (χ2n) is 6.48. The van der Waals surface area contributed by atoms with Crippen LogP contribution in [0.25, 0.3) is 10.8 Å². The average molecular weight is 415 g/mol. The van der Waals surface area contributed by atoms with Crippen molar-refractivity contribution < 1.29 is 9.72 Å². The molecule has 0 saturated heterocycles. The molecule has 0 aliphatic carbocycles. The number of nitrogens with one attached hydrogen (secondary N) is 2. The molecule has 7 heteroatoms. The Kier molecular flexibility index (Phi) is 5.63. The number of amides is 2. The number of fused-ring (bicyclic) bond motifs is 1. The Morgan fingerprint density at radius 3 is 2.10 bits per heavy atom. The van der Waals surface area contributed by atoms with E-state index in [2.05, 4.69) is 10.6 Å². The van der Waals surface area contributed by atoms with E-state index in [1.807, 2.05) is 66.7 Å². The zero-order chi connectivity index (χ0) is 20.9. The van der Waals surface area contributed by atoms with Crippen LogP contribution in [0.3, 0.4) is 0 Å². The molecule has 0 aromatic heterocycles. The van der Waals surface area contributed by atoms with E-state index in [4.69, 9.17) is 0 Å². The molecule has 0 radical (unpaired) electrons. The van der Waals surface area contributed by atoms with E-state index in [-0.39, 0.29) is 11.7 Å². The maximum atomic E-state index is 12.4. The van der Waals surface area contributed by atoms with E-state index < -0.39 is 4.92 Å². The summed E-state index contributed by atoms with van der Waals surface area (Å²) in [7, 11) is 0. The number of rotatable bonds is 5. The zero-order valence-corrected chi connectivity index (χ0v) is 16.6. The SMILES string of the molecule is O=C(Nc1ccc(Sc2ccc([N+](=O)[O-])cc2)cc1)Nc1cccc2ccccc12. The molecule has 2 amide bonds. The van der Waals surface area contributed by atoms with Gasteiger partial charge in [0.25, 0.3) is 5.69 Å². The predicted molar refractivity (Wildman–Crippen MR) is 120 cm³/mol. The largest absolute Gasteiger partial charge is 0.323 e. The molecule has 2 N–H and O–H groups in total. The third-order valence-electron chi connectivity index (χ3n) is 4.43. The summed E-state index contributed by atoms with van der Waals surface area (Å²) < 4.78 is 0. The fourth-order valence-corrected chi connectivity index (χ4v) is 3.81. The predicted octanol–water partition coefficient (Wildman–Crippen LogP) is 6.54. The summed E-state index contributed by atoms with van der Waals surface area (Å²) in [6.07, 6.45) is 0. The van der Waals surface area contributed by atoms with Crippen molar-refractivity contribution >= 4 is 45.6 Å². The summed E-state index contributed by atoms with van der Waals surface area (Å²) in [5.41, 5.74) is 1.48. The van der Waals surface area contributed by atoms with Crippen molar-refractivity contribution in [2.75, 3.05) is 10.6 Å². The van der Waals surface area contributed by atoms with Gasteiger partial charge in [-0.15, -0.1) is 0 Å². The van der Waals surface area contributed by atoms with Crippen LogP contribution in [-0.2, 0) is 0 Å². The van der Waals surface area contributed by atoms with E-state index in [1.54, 1.807) is 12.1 Å². The van der Waals surface area contributed by atoms with E-state index in [9.17, 15) is 14.9 Å². The van der Waals surface area contributed by atoms with Gasteiger partial charge in [0, 0.05) is 33.0 Å². The molecule has 6 nitrogen and oxygen atoms in total. The van der Waals surface area contributed by atoms with Crippen LogP contribution in [0.2, 0.25) is 0 Å². The van der Waals surface area contributed by atoms with E-state index in [0.29, 0.717) is 5.69 Å². The van der Waals surface area contributed by atoms with Gasteiger partial charge in [-0.25, -0.2) is 4.79 Å². The number of non-ortho nitro benzene ring substituents is 1. The fraction of sp³-hybridized carbons (Fsp3) is 0. The number of hydrogen-bond donors (Lipinski definition) is 2. The van der Waals surface area contributed by atoms with E-state index in [0.717, 1.165) is 26.3 Å². The maximum absolute atomic E-state index is 12.4. The number of urea groups is 1. The molecule has 0 saturated carbocycles. The standard InChI is InChI=1S/C23H17N3O3S/c27-23(25-22-7-3-5-16-4-1-2-6-21(16)22)24-17-8-12-19(13-9-17)30-20-14-10-18(11-15-20)26(28)29/h1-15H,(H2,24,25,27). The molecule has 0 heterocycles. The summed E-state index contributed by atoms with van der Waals surface area (Å²) in [6, 6.07) is 27.1. The maximum Gasteiger partial charge on any atom is 0.323 e. The van der Waals surface area contributed by atoms with Crippen LogP contribution in [0.5, 0.6) is 0 Å². The number of nitrogens with zero attached hydrogens (tertiary/aromatic N) is 1. The molecule has 4 rings (SSSR count). The number of carbonyl (C=O) groups excluding carboxylic acids is 1. The van der Waals surface area contributed by atoms with Crippen LogP contribution in [0.4, 0.5) is 21.9 Å². The van der Waals surface area contributed by atoms with Gasteiger partial charge in [0.15, 0.2) is 0 Å². The fourth-order valence-electron chi connectivity index (χ4n) is 3.00. The monoisotopic (exact) mass is 415 g/mol. The molecule has 0 spiro atoms. The molecule has 0 unspecified atom stereocenters. The lowest BCUT2D eigenvalue weighted by Gasteiger charge is -2.10. The zero-order valence-electron chi connectivity index (χ0n) is 15.7. The highest BCUT2D eigenvalue weighted by molar-refractivity contribution is 7.99. The minimum atomic E-state index is -0.418. The third kappa shape index (κ3) is 4.59. The van der Waals surface area contributed by atoms with Crippen molar-refractivity contribution in [1.29, 1.82) is 0 Å². The van der Waals surface area contributed by atoms with Gasteiger partial charge in [-0.3, -0.25) is 10.1 Å². The van der Waals surface area contributed by atoms with Crippen LogP contribution in [0.1, 0.15) is 0 Å². The van der Waals surface area contributed by atoms with Crippen molar-refractivity contribution in [3.63, 3.8) is 0 Å². The third-order valence-corrected chi connectivity index (χ3v) is 5.45. The molecular formula is C23H17N3O3S. The smallest absolute Gasteiger partial charge is 0.308 e. The Bertz CT molecular complexity index is 1200. The number of benzene rings is 4. The lowest BCUT2D eigenvalue weighted by Crippen LogP contribution is -2.19. The minimum absolute atomic E-state index is 0.0658.